The highest BCUT2D eigenvalue weighted by Crippen LogP contribution is 2.13. The molecule has 0 saturated heterocycles. The Labute approximate surface area is 166 Å². The lowest BCUT2D eigenvalue weighted by Crippen LogP contribution is -2.23. The molecule has 9 nitrogen and oxygen atoms in total. The van der Waals surface area contributed by atoms with E-state index in [9.17, 15) is 14.4 Å². The van der Waals surface area contributed by atoms with Crippen molar-refractivity contribution in [3.63, 3.8) is 0 Å². The van der Waals surface area contributed by atoms with E-state index in [-0.39, 0.29) is 24.8 Å². The van der Waals surface area contributed by atoms with Crippen LogP contribution in [0.2, 0.25) is 0 Å². The predicted octanol–water partition coefficient (Wildman–Crippen LogP) is 1.77. The fourth-order valence-electron chi connectivity index (χ4n) is 2.33. The van der Waals surface area contributed by atoms with Crippen LogP contribution in [0.3, 0.4) is 0 Å². The van der Waals surface area contributed by atoms with E-state index >= 15 is 0 Å². The fourth-order valence-corrected chi connectivity index (χ4v) is 2.33. The van der Waals surface area contributed by atoms with Crippen LogP contribution in [0.25, 0.3) is 0 Å². The summed E-state index contributed by atoms with van der Waals surface area (Å²) in [6.45, 7) is 0.322. The van der Waals surface area contributed by atoms with Gasteiger partial charge in [-0.15, -0.1) is 5.10 Å². The largest absolute Gasteiger partial charge is 0.460 e. The normalized spacial score (nSPS) is 10.2. The monoisotopic (exact) mass is 394 g/mol. The average molecular weight is 394 g/mol. The van der Waals surface area contributed by atoms with E-state index in [1.54, 1.807) is 6.20 Å². The van der Waals surface area contributed by atoms with Gasteiger partial charge >= 0.3 is 11.9 Å². The highest BCUT2D eigenvalue weighted by Gasteiger charge is 2.14. The molecule has 0 unspecified atom stereocenters. The molecular weight excluding hydrogens is 376 g/mol. The molecule has 0 spiro atoms. The van der Waals surface area contributed by atoms with Gasteiger partial charge in [-0.3, -0.25) is 19.5 Å². The van der Waals surface area contributed by atoms with Gasteiger partial charge in [0.15, 0.2) is 0 Å². The fraction of sp³-hybridized carbons (Fsp3) is 0.150. The molecule has 148 valence electrons. The third-order valence-electron chi connectivity index (χ3n) is 3.78. The number of rotatable bonds is 8. The summed E-state index contributed by atoms with van der Waals surface area (Å²) in [6, 6.07) is 15.1. The van der Waals surface area contributed by atoms with Gasteiger partial charge in [0.1, 0.15) is 24.5 Å². The first-order valence-corrected chi connectivity index (χ1v) is 8.74. The number of esters is 2. The lowest BCUT2D eigenvalue weighted by atomic mass is 10.2. The minimum Gasteiger partial charge on any atom is -0.460 e. The van der Waals surface area contributed by atoms with Crippen LogP contribution in [0, 0.1) is 0 Å². The number of nitrogens with zero attached hydrogens (tertiary/aromatic N) is 2. The van der Waals surface area contributed by atoms with Gasteiger partial charge in [-0.1, -0.05) is 35.5 Å². The summed E-state index contributed by atoms with van der Waals surface area (Å²) in [5, 5.41) is 12.6. The van der Waals surface area contributed by atoms with Gasteiger partial charge in [0.2, 0.25) is 0 Å². The number of amides is 1. The smallest absolute Gasteiger partial charge is 0.322 e. The predicted molar refractivity (Wildman–Crippen MR) is 100 cm³/mol. The SMILES string of the molecule is O=C(CC(=O)Oc1ccc(C(=O)NCc2c[nH]nn2)cc1)OCc1ccccc1. The summed E-state index contributed by atoms with van der Waals surface area (Å²) in [4.78, 5) is 35.7. The molecule has 0 aliphatic heterocycles. The lowest BCUT2D eigenvalue weighted by Gasteiger charge is -2.07. The average Bonchev–Trinajstić information content (AvgIpc) is 3.25. The van der Waals surface area contributed by atoms with Crippen molar-refractivity contribution >= 4 is 17.8 Å². The van der Waals surface area contributed by atoms with Crippen molar-refractivity contribution in [1.29, 1.82) is 0 Å². The Bertz CT molecular complexity index is 956. The first-order chi connectivity index (χ1) is 14.1. The van der Waals surface area contributed by atoms with Crippen LogP contribution in [0.1, 0.15) is 28.0 Å². The third kappa shape index (κ3) is 6.28. The van der Waals surface area contributed by atoms with Crippen molar-refractivity contribution in [3.05, 3.63) is 77.6 Å². The molecule has 3 rings (SSSR count). The molecule has 2 aromatic carbocycles. The first-order valence-electron chi connectivity index (χ1n) is 8.74. The minimum absolute atomic E-state index is 0.0884. The summed E-state index contributed by atoms with van der Waals surface area (Å²) >= 11 is 0. The van der Waals surface area contributed by atoms with Crippen molar-refractivity contribution < 1.29 is 23.9 Å². The summed E-state index contributed by atoms with van der Waals surface area (Å²) in [7, 11) is 0. The molecule has 9 heteroatoms. The van der Waals surface area contributed by atoms with Gasteiger partial charge in [0, 0.05) is 11.8 Å². The van der Waals surface area contributed by atoms with Gasteiger partial charge < -0.3 is 14.8 Å². The Hall–Kier alpha value is -4.01. The van der Waals surface area contributed by atoms with Gasteiger partial charge in [-0.25, -0.2) is 0 Å². The molecule has 0 saturated carbocycles. The Balaban J connectivity index is 1.43. The van der Waals surface area contributed by atoms with Crippen LogP contribution < -0.4 is 10.1 Å². The summed E-state index contributed by atoms with van der Waals surface area (Å²) in [6.07, 6.45) is 1.07. The van der Waals surface area contributed by atoms with E-state index in [1.807, 2.05) is 30.3 Å². The van der Waals surface area contributed by atoms with E-state index < -0.39 is 18.4 Å². The maximum atomic E-state index is 12.1. The van der Waals surface area contributed by atoms with Crippen molar-refractivity contribution in [2.24, 2.45) is 0 Å². The molecule has 0 aliphatic rings. The minimum atomic E-state index is -0.744. The van der Waals surface area contributed by atoms with E-state index in [1.165, 1.54) is 24.3 Å². The molecule has 2 N–H and O–H groups in total. The zero-order valence-electron chi connectivity index (χ0n) is 15.3. The number of hydrogen-bond donors (Lipinski definition) is 2. The van der Waals surface area contributed by atoms with Crippen LogP contribution in [0.5, 0.6) is 5.75 Å². The van der Waals surface area contributed by atoms with Crippen molar-refractivity contribution in [3.8, 4) is 5.75 Å². The number of aromatic nitrogens is 3. The standard InChI is InChI=1S/C20H18N4O5/c25-18(28-13-14-4-2-1-3-5-14)10-19(26)29-17-8-6-15(7-9-17)20(27)21-11-16-12-22-24-23-16/h1-9,12H,10-11,13H2,(H,21,27)(H,22,23,24). The third-order valence-corrected chi connectivity index (χ3v) is 3.78. The molecular formula is C20H18N4O5. The molecule has 0 radical (unpaired) electrons. The van der Waals surface area contributed by atoms with Gasteiger partial charge in [-0.2, -0.15) is 0 Å². The maximum Gasteiger partial charge on any atom is 0.322 e. The van der Waals surface area contributed by atoms with Gasteiger partial charge in [0.05, 0.1) is 6.54 Å². The zero-order valence-corrected chi connectivity index (χ0v) is 15.3. The number of ether oxygens (including phenoxy) is 2. The van der Waals surface area contributed by atoms with Crippen molar-refractivity contribution in [1.82, 2.24) is 20.7 Å². The summed E-state index contributed by atoms with van der Waals surface area (Å²) in [5.41, 5.74) is 1.81. The Kier molecular flexibility index (Phi) is 6.66. The van der Waals surface area contributed by atoms with Crippen molar-refractivity contribution in [2.45, 2.75) is 19.6 Å². The number of carbonyl (C=O) groups excluding carboxylic acids is 3. The first kappa shape index (κ1) is 19.7. The Morgan fingerprint density at radius 1 is 0.966 bits per heavy atom. The molecule has 0 atom stereocenters. The van der Waals surface area contributed by atoms with Crippen LogP contribution in [-0.4, -0.2) is 33.3 Å². The number of H-pyrrole nitrogens is 1. The maximum absolute atomic E-state index is 12.1. The second-order valence-electron chi connectivity index (χ2n) is 5.97. The molecule has 29 heavy (non-hydrogen) atoms. The lowest BCUT2D eigenvalue weighted by molar-refractivity contribution is -0.151. The van der Waals surface area contributed by atoms with E-state index in [0.717, 1.165) is 5.56 Å². The highest BCUT2D eigenvalue weighted by atomic mass is 16.6. The van der Waals surface area contributed by atoms with Gasteiger partial charge in [0.25, 0.3) is 5.91 Å². The van der Waals surface area contributed by atoms with Crippen LogP contribution in [0.15, 0.2) is 60.8 Å². The number of aromatic amines is 1. The molecule has 1 aromatic heterocycles. The molecule has 0 fully saturated rings. The Morgan fingerprint density at radius 2 is 1.72 bits per heavy atom. The summed E-state index contributed by atoms with van der Waals surface area (Å²) in [5.74, 6) is -1.51. The molecule has 3 aromatic rings. The second-order valence-corrected chi connectivity index (χ2v) is 5.97. The van der Waals surface area contributed by atoms with Crippen molar-refractivity contribution in [2.75, 3.05) is 0 Å². The Morgan fingerprint density at radius 3 is 2.41 bits per heavy atom. The number of hydrogen-bond acceptors (Lipinski definition) is 7. The van der Waals surface area contributed by atoms with Crippen LogP contribution in [-0.2, 0) is 27.5 Å². The molecule has 0 aliphatic carbocycles. The quantitative estimate of drug-likeness (QED) is 0.339. The highest BCUT2D eigenvalue weighted by molar-refractivity contribution is 5.94. The number of nitrogens with one attached hydrogen (secondary N) is 2. The number of benzene rings is 2. The topological polar surface area (TPSA) is 123 Å². The van der Waals surface area contributed by atoms with Gasteiger partial charge in [-0.05, 0) is 29.8 Å². The van der Waals surface area contributed by atoms with E-state index in [4.69, 9.17) is 9.47 Å². The molecule has 1 amide bonds. The van der Waals surface area contributed by atoms with Crippen LogP contribution >= 0.6 is 0 Å². The van der Waals surface area contributed by atoms with E-state index in [2.05, 4.69) is 20.7 Å². The molecule has 1 heterocycles. The second kappa shape index (κ2) is 9.79. The molecule has 0 bridgehead atoms. The van der Waals surface area contributed by atoms with Crippen LogP contribution in [0.4, 0.5) is 0 Å². The summed E-state index contributed by atoms with van der Waals surface area (Å²) < 4.78 is 10.1. The zero-order chi connectivity index (χ0) is 20.5. The van der Waals surface area contributed by atoms with E-state index in [0.29, 0.717) is 11.3 Å². The number of carbonyl (C=O) groups is 3.